The smallest absolute Gasteiger partial charge is 0.161 e. The fourth-order valence-corrected chi connectivity index (χ4v) is 3.52. The van der Waals surface area contributed by atoms with Gasteiger partial charge in [0, 0.05) is 16.6 Å². The minimum absolute atomic E-state index is 0.00478. The first-order valence-corrected chi connectivity index (χ1v) is 9.00. The van der Waals surface area contributed by atoms with Crippen LogP contribution in [0.2, 0.25) is 10.0 Å². The molecule has 1 N–H and O–H groups in total. The molecule has 5 heteroatoms. The Bertz CT molecular complexity index is 734. The third kappa shape index (κ3) is 3.49. The van der Waals surface area contributed by atoms with Crippen molar-refractivity contribution in [1.29, 1.82) is 0 Å². The standard InChI is InChI=1S/C19H21Cl2NO2/c1-3-23-17-9-12-7-8-22-19(14(12)11-18(17)24-4-2)15-10-13(20)5-6-16(15)21/h5-6,9-11,19,22H,3-4,7-8H2,1-2H3. The molecule has 1 aliphatic rings. The van der Waals surface area contributed by atoms with Gasteiger partial charge in [-0.1, -0.05) is 23.2 Å². The van der Waals surface area contributed by atoms with Crippen molar-refractivity contribution >= 4 is 23.2 Å². The summed E-state index contributed by atoms with van der Waals surface area (Å²) in [5, 5.41) is 4.93. The number of hydrogen-bond acceptors (Lipinski definition) is 3. The van der Waals surface area contributed by atoms with Crippen LogP contribution in [0.3, 0.4) is 0 Å². The van der Waals surface area contributed by atoms with E-state index in [0.29, 0.717) is 23.3 Å². The Morgan fingerprint density at radius 1 is 1.00 bits per heavy atom. The molecule has 3 nitrogen and oxygen atoms in total. The van der Waals surface area contributed by atoms with Gasteiger partial charge in [-0.15, -0.1) is 0 Å². The van der Waals surface area contributed by atoms with Crippen molar-refractivity contribution in [2.24, 2.45) is 0 Å². The monoisotopic (exact) mass is 365 g/mol. The lowest BCUT2D eigenvalue weighted by Crippen LogP contribution is -2.31. The molecule has 3 rings (SSSR count). The number of ether oxygens (including phenoxy) is 2. The minimum atomic E-state index is -0.00478. The molecular formula is C19H21Cl2NO2. The molecule has 0 radical (unpaired) electrons. The van der Waals surface area contributed by atoms with Crippen LogP contribution in [0.25, 0.3) is 0 Å². The van der Waals surface area contributed by atoms with Crippen molar-refractivity contribution in [3.05, 3.63) is 57.1 Å². The van der Waals surface area contributed by atoms with Crippen molar-refractivity contribution in [3.63, 3.8) is 0 Å². The van der Waals surface area contributed by atoms with Gasteiger partial charge in [-0.05, 0) is 67.3 Å². The van der Waals surface area contributed by atoms with Crippen molar-refractivity contribution < 1.29 is 9.47 Å². The molecule has 1 heterocycles. The van der Waals surface area contributed by atoms with Gasteiger partial charge < -0.3 is 14.8 Å². The second-order valence-corrected chi connectivity index (χ2v) is 6.51. The van der Waals surface area contributed by atoms with Gasteiger partial charge in [0.1, 0.15) is 0 Å². The van der Waals surface area contributed by atoms with E-state index >= 15 is 0 Å². The van der Waals surface area contributed by atoms with Gasteiger partial charge in [0.2, 0.25) is 0 Å². The average molecular weight is 366 g/mol. The molecule has 0 aliphatic carbocycles. The molecule has 1 unspecified atom stereocenters. The first-order chi connectivity index (χ1) is 11.6. The first kappa shape index (κ1) is 17.4. The van der Waals surface area contributed by atoms with Gasteiger partial charge in [-0.25, -0.2) is 0 Å². The molecule has 2 aromatic rings. The van der Waals surface area contributed by atoms with E-state index in [1.54, 1.807) is 6.07 Å². The second-order valence-electron chi connectivity index (χ2n) is 5.67. The van der Waals surface area contributed by atoms with E-state index in [2.05, 4.69) is 17.4 Å². The number of nitrogens with one attached hydrogen (secondary N) is 1. The number of benzene rings is 2. The Morgan fingerprint density at radius 2 is 1.71 bits per heavy atom. The maximum Gasteiger partial charge on any atom is 0.161 e. The van der Waals surface area contributed by atoms with Crippen LogP contribution in [0.5, 0.6) is 11.5 Å². The molecule has 1 aliphatic heterocycles. The second kappa shape index (κ2) is 7.64. The van der Waals surface area contributed by atoms with Gasteiger partial charge >= 0.3 is 0 Å². The van der Waals surface area contributed by atoms with Gasteiger partial charge in [-0.2, -0.15) is 0 Å². The van der Waals surface area contributed by atoms with Gasteiger partial charge in [0.05, 0.1) is 19.3 Å². The molecule has 0 amide bonds. The predicted molar refractivity (Wildman–Crippen MR) is 98.8 cm³/mol. The van der Waals surface area contributed by atoms with Crippen LogP contribution in [0, 0.1) is 0 Å². The maximum absolute atomic E-state index is 6.42. The lowest BCUT2D eigenvalue weighted by molar-refractivity contribution is 0.286. The summed E-state index contributed by atoms with van der Waals surface area (Å²) in [5.41, 5.74) is 3.40. The highest BCUT2D eigenvalue weighted by Gasteiger charge is 2.25. The fourth-order valence-electron chi connectivity index (χ4n) is 3.11. The van der Waals surface area contributed by atoms with Crippen LogP contribution in [0.15, 0.2) is 30.3 Å². The summed E-state index contributed by atoms with van der Waals surface area (Å²) in [6, 6.07) is 9.73. The Hall–Kier alpha value is -1.42. The Morgan fingerprint density at radius 3 is 2.42 bits per heavy atom. The molecule has 0 spiro atoms. The summed E-state index contributed by atoms with van der Waals surface area (Å²) in [4.78, 5) is 0. The molecule has 0 saturated carbocycles. The van der Waals surface area contributed by atoms with Crippen LogP contribution >= 0.6 is 23.2 Å². The number of halogens is 2. The van der Waals surface area contributed by atoms with Crippen molar-refractivity contribution in [3.8, 4) is 11.5 Å². The molecule has 128 valence electrons. The third-order valence-corrected chi connectivity index (χ3v) is 4.71. The van der Waals surface area contributed by atoms with Gasteiger partial charge in [0.15, 0.2) is 11.5 Å². The highest BCUT2D eigenvalue weighted by molar-refractivity contribution is 6.33. The van der Waals surface area contributed by atoms with Crippen LogP contribution < -0.4 is 14.8 Å². The zero-order valence-electron chi connectivity index (χ0n) is 13.9. The normalized spacial score (nSPS) is 16.6. The van der Waals surface area contributed by atoms with E-state index in [1.807, 2.05) is 26.0 Å². The van der Waals surface area contributed by atoms with Crippen LogP contribution in [-0.2, 0) is 6.42 Å². The zero-order chi connectivity index (χ0) is 17.1. The van der Waals surface area contributed by atoms with Crippen LogP contribution in [-0.4, -0.2) is 19.8 Å². The quantitative estimate of drug-likeness (QED) is 0.806. The summed E-state index contributed by atoms with van der Waals surface area (Å²) in [5.74, 6) is 1.57. The van der Waals surface area contributed by atoms with Gasteiger partial charge in [-0.3, -0.25) is 0 Å². The Labute approximate surface area is 152 Å². The Kier molecular flexibility index (Phi) is 5.54. The maximum atomic E-state index is 6.42. The van der Waals surface area contributed by atoms with E-state index in [1.165, 1.54) is 5.56 Å². The van der Waals surface area contributed by atoms with Crippen molar-refractivity contribution in [1.82, 2.24) is 5.32 Å². The van der Waals surface area contributed by atoms with Crippen molar-refractivity contribution in [2.45, 2.75) is 26.3 Å². The molecule has 24 heavy (non-hydrogen) atoms. The molecule has 0 fully saturated rings. The van der Waals surface area contributed by atoms with E-state index in [4.69, 9.17) is 32.7 Å². The van der Waals surface area contributed by atoms with E-state index in [9.17, 15) is 0 Å². The largest absolute Gasteiger partial charge is 0.490 e. The molecule has 2 aromatic carbocycles. The van der Waals surface area contributed by atoms with Crippen molar-refractivity contribution in [2.75, 3.05) is 19.8 Å². The molecule has 0 bridgehead atoms. The fraction of sp³-hybridized carbons (Fsp3) is 0.368. The van der Waals surface area contributed by atoms with E-state index in [-0.39, 0.29) is 6.04 Å². The highest BCUT2D eigenvalue weighted by atomic mass is 35.5. The molecule has 0 saturated heterocycles. The predicted octanol–water partition coefficient (Wildman–Crippen LogP) is 5.03. The topological polar surface area (TPSA) is 30.5 Å². The Balaban J connectivity index is 2.09. The first-order valence-electron chi connectivity index (χ1n) is 8.24. The summed E-state index contributed by atoms with van der Waals surface area (Å²) in [6.45, 7) is 6.03. The van der Waals surface area contributed by atoms with Crippen LogP contribution in [0.4, 0.5) is 0 Å². The zero-order valence-corrected chi connectivity index (χ0v) is 15.4. The minimum Gasteiger partial charge on any atom is -0.490 e. The van der Waals surface area contributed by atoms with Gasteiger partial charge in [0.25, 0.3) is 0 Å². The summed E-state index contributed by atoms with van der Waals surface area (Å²) in [6.07, 6.45) is 0.941. The SMILES string of the molecule is CCOc1cc2c(cc1OCC)C(c1cc(Cl)ccc1Cl)NCC2. The number of fused-ring (bicyclic) bond motifs is 1. The highest BCUT2D eigenvalue weighted by Crippen LogP contribution is 2.39. The van der Waals surface area contributed by atoms with E-state index in [0.717, 1.165) is 35.6 Å². The molecule has 1 atom stereocenters. The number of rotatable bonds is 5. The van der Waals surface area contributed by atoms with E-state index < -0.39 is 0 Å². The summed E-state index contributed by atoms with van der Waals surface area (Å²) in [7, 11) is 0. The average Bonchev–Trinajstić information content (AvgIpc) is 2.57. The summed E-state index contributed by atoms with van der Waals surface area (Å²) < 4.78 is 11.5. The molecule has 0 aromatic heterocycles. The third-order valence-electron chi connectivity index (χ3n) is 4.13. The lowest BCUT2D eigenvalue weighted by Gasteiger charge is -2.29. The summed E-state index contributed by atoms with van der Waals surface area (Å²) >= 11 is 12.6. The van der Waals surface area contributed by atoms with Crippen LogP contribution in [0.1, 0.15) is 36.6 Å². The number of hydrogen-bond donors (Lipinski definition) is 1. The molecular weight excluding hydrogens is 345 g/mol. The lowest BCUT2D eigenvalue weighted by atomic mass is 9.89.